The molecule has 0 aromatic carbocycles. The van der Waals surface area contributed by atoms with Gasteiger partial charge in [0, 0.05) is 19.1 Å². The Labute approximate surface area is 150 Å². The molecule has 2 heterocycles. The van der Waals surface area contributed by atoms with Gasteiger partial charge in [-0.1, -0.05) is 36.5 Å². The fourth-order valence-corrected chi connectivity index (χ4v) is 3.80. The Balaban J connectivity index is 1.54. The van der Waals surface area contributed by atoms with Crippen LogP contribution in [0.4, 0.5) is 0 Å². The Hall–Kier alpha value is -1.88. The number of allylic oxidation sites excluding steroid dienone is 4. The van der Waals surface area contributed by atoms with Crippen LogP contribution in [0, 0.1) is 5.92 Å². The SMILES string of the molecule is CC(C)(C(=O)N[C@H]1CCN(C(=O)C2C=CC=CC=C2)C1)N1CCCC1. The zero-order chi connectivity index (χ0) is 17.9. The van der Waals surface area contributed by atoms with E-state index in [1.54, 1.807) is 0 Å². The third-order valence-electron chi connectivity index (χ3n) is 5.54. The molecular formula is C20H29N3O2. The quantitative estimate of drug-likeness (QED) is 0.848. The zero-order valence-electron chi connectivity index (χ0n) is 15.3. The van der Waals surface area contributed by atoms with Crippen LogP contribution in [-0.2, 0) is 9.59 Å². The lowest BCUT2D eigenvalue weighted by molar-refractivity contribution is -0.133. The molecule has 1 N–H and O–H groups in total. The van der Waals surface area contributed by atoms with Crippen LogP contribution in [0.2, 0.25) is 0 Å². The van der Waals surface area contributed by atoms with E-state index in [4.69, 9.17) is 0 Å². The Kier molecular flexibility index (Phi) is 5.42. The van der Waals surface area contributed by atoms with E-state index in [0.29, 0.717) is 13.1 Å². The predicted molar refractivity (Wildman–Crippen MR) is 98.9 cm³/mol. The number of amides is 2. The summed E-state index contributed by atoms with van der Waals surface area (Å²) < 4.78 is 0. The molecule has 1 aliphatic carbocycles. The highest BCUT2D eigenvalue weighted by Crippen LogP contribution is 2.22. The van der Waals surface area contributed by atoms with Crippen LogP contribution >= 0.6 is 0 Å². The third-order valence-corrected chi connectivity index (χ3v) is 5.54. The minimum Gasteiger partial charge on any atom is -0.350 e. The van der Waals surface area contributed by atoms with Crippen LogP contribution in [0.3, 0.4) is 0 Å². The average Bonchev–Trinajstić information content (AvgIpc) is 3.21. The molecule has 0 spiro atoms. The number of hydrogen-bond donors (Lipinski definition) is 1. The third kappa shape index (κ3) is 4.03. The van der Waals surface area contributed by atoms with Crippen molar-refractivity contribution in [2.45, 2.75) is 44.7 Å². The predicted octanol–water partition coefficient (Wildman–Crippen LogP) is 1.88. The molecule has 3 aliphatic rings. The molecule has 1 atom stereocenters. The number of hydrogen-bond acceptors (Lipinski definition) is 3. The topological polar surface area (TPSA) is 52.7 Å². The van der Waals surface area contributed by atoms with Crippen molar-refractivity contribution in [1.29, 1.82) is 0 Å². The smallest absolute Gasteiger partial charge is 0.240 e. The highest BCUT2D eigenvalue weighted by molar-refractivity contribution is 5.86. The molecule has 0 radical (unpaired) electrons. The second kappa shape index (κ2) is 7.56. The summed E-state index contributed by atoms with van der Waals surface area (Å²) in [6.45, 7) is 7.29. The van der Waals surface area contributed by atoms with Crippen LogP contribution in [0.5, 0.6) is 0 Å². The largest absolute Gasteiger partial charge is 0.350 e. The van der Waals surface area contributed by atoms with Gasteiger partial charge < -0.3 is 10.2 Å². The molecule has 0 saturated carbocycles. The summed E-state index contributed by atoms with van der Waals surface area (Å²) in [4.78, 5) is 29.5. The van der Waals surface area contributed by atoms with Gasteiger partial charge in [-0.2, -0.15) is 0 Å². The molecule has 136 valence electrons. The Bertz CT molecular complexity index is 584. The number of carbonyl (C=O) groups is 2. The van der Waals surface area contributed by atoms with Crippen molar-refractivity contribution in [3.8, 4) is 0 Å². The summed E-state index contributed by atoms with van der Waals surface area (Å²) in [5, 5.41) is 3.17. The van der Waals surface area contributed by atoms with E-state index in [2.05, 4.69) is 10.2 Å². The highest BCUT2D eigenvalue weighted by atomic mass is 16.2. The monoisotopic (exact) mass is 343 g/mol. The minimum atomic E-state index is -0.480. The maximum absolute atomic E-state index is 12.7. The maximum Gasteiger partial charge on any atom is 0.240 e. The molecule has 5 nitrogen and oxygen atoms in total. The molecule has 0 unspecified atom stereocenters. The van der Waals surface area contributed by atoms with Crippen molar-refractivity contribution < 1.29 is 9.59 Å². The van der Waals surface area contributed by atoms with E-state index in [9.17, 15) is 9.59 Å². The standard InChI is InChI=1S/C20H29N3O2/c1-20(2,23-12-7-8-13-23)19(25)21-17-11-14-22(15-17)18(24)16-9-5-3-4-6-10-16/h3-6,9-10,16-17H,7-8,11-15H2,1-2H3,(H,21,25)/t17-/m0/s1. The van der Waals surface area contributed by atoms with Crippen LogP contribution in [0.1, 0.15) is 33.1 Å². The summed E-state index contributed by atoms with van der Waals surface area (Å²) in [5.41, 5.74) is -0.480. The molecule has 2 saturated heterocycles. The van der Waals surface area contributed by atoms with Crippen LogP contribution in [0.15, 0.2) is 36.5 Å². The van der Waals surface area contributed by atoms with E-state index >= 15 is 0 Å². The van der Waals surface area contributed by atoms with Crippen molar-refractivity contribution in [2.75, 3.05) is 26.2 Å². The molecule has 2 fully saturated rings. The van der Waals surface area contributed by atoms with Crippen molar-refractivity contribution in [1.82, 2.24) is 15.1 Å². The van der Waals surface area contributed by atoms with E-state index < -0.39 is 5.54 Å². The van der Waals surface area contributed by atoms with E-state index in [-0.39, 0.29) is 23.8 Å². The Morgan fingerprint density at radius 2 is 1.64 bits per heavy atom. The molecule has 0 aromatic rings. The van der Waals surface area contributed by atoms with Gasteiger partial charge in [0.15, 0.2) is 0 Å². The minimum absolute atomic E-state index is 0.0511. The van der Waals surface area contributed by atoms with Crippen LogP contribution in [0.25, 0.3) is 0 Å². The molecular weight excluding hydrogens is 314 g/mol. The molecule has 5 heteroatoms. The van der Waals surface area contributed by atoms with E-state index in [1.165, 1.54) is 12.8 Å². The Morgan fingerprint density at radius 3 is 2.28 bits per heavy atom. The Morgan fingerprint density at radius 1 is 1.00 bits per heavy atom. The lowest BCUT2D eigenvalue weighted by Crippen LogP contribution is -2.56. The molecule has 2 aliphatic heterocycles. The van der Waals surface area contributed by atoms with Crippen molar-refractivity contribution in [3.63, 3.8) is 0 Å². The first-order chi connectivity index (χ1) is 12.0. The molecule has 25 heavy (non-hydrogen) atoms. The molecule has 0 bridgehead atoms. The molecule has 0 aromatic heterocycles. The van der Waals surface area contributed by atoms with Gasteiger partial charge in [-0.25, -0.2) is 0 Å². The second-order valence-electron chi connectivity index (χ2n) is 7.68. The van der Waals surface area contributed by atoms with Crippen molar-refractivity contribution in [3.05, 3.63) is 36.5 Å². The first-order valence-corrected chi connectivity index (χ1v) is 9.35. The summed E-state index contributed by atoms with van der Waals surface area (Å²) in [5.74, 6) is -0.00981. The fraction of sp³-hybridized carbons (Fsp3) is 0.600. The van der Waals surface area contributed by atoms with E-state index in [1.807, 2.05) is 55.2 Å². The van der Waals surface area contributed by atoms with Gasteiger partial charge in [-0.3, -0.25) is 14.5 Å². The van der Waals surface area contributed by atoms with Gasteiger partial charge in [0.2, 0.25) is 11.8 Å². The van der Waals surface area contributed by atoms with Crippen LogP contribution < -0.4 is 5.32 Å². The summed E-state index contributed by atoms with van der Waals surface area (Å²) in [6, 6.07) is 0.0511. The first-order valence-electron chi connectivity index (χ1n) is 9.35. The summed E-state index contributed by atoms with van der Waals surface area (Å²) >= 11 is 0. The second-order valence-corrected chi connectivity index (χ2v) is 7.68. The average molecular weight is 343 g/mol. The van der Waals surface area contributed by atoms with Gasteiger partial charge >= 0.3 is 0 Å². The molecule has 3 rings (SSSR count). The van der Waals surface area contributed by atoms with Crippen molar-refractivity contribution in [2.24, 2.45) is 5.92 Å². The maximum atomic E-state index is 12.7. The van der Waals surface area contributed by atoms with Gasteiger partial charge in [0.25, 0.3) is 0 Å². The van der Waals surface area contributed by atoms with Gasteiger partial charge in [-0.05, 0) is 46.2 Å². The van der Waals surface area contributed by atoms with Gasteiger partial charge in [0.1, 0.15) is 0 Å². The zero-order valence-corrected chi connectivity index (χ0v) is 15.3. The lowest BCUT2D eigenvalue weighted by atomic mass is 10.0. The summed E-state index contributed by atoms with van der Waals surface area (Å²) in [7, 11) is 0. The highest BCUT2D eigenvalue weighted by Gasteiger charge is 2.38. The number of nitrogens with zero attached hydrogens (tertiary/aromatic N) is 2. The summed E-state index contributed by atoms with van der Waals surface area (Å²) in [6.07, 6.45) is 14.7. The fourth-order valence-electron chi connectivity index (χ4n) is 3.80. The van der Waals surface area contributed by atoms with Crippen LogP contribution in [-0.4, -0.2) is 59.4 Å². The molecule has 2 amide bonds. The van der Waals surface area contributed by atoms with Gasteiger partial charge in [-0.15, -0.1) is 0 Å². The number of carbonyl (C=O) groups excluding carboxylic acids is 2. The van der Waals surface area contributed by atoms with Gasteiger partial charge in [0.05, 0.1) is 11.5 Å². The first kappa shape index (κ1) is 17.9. The number of likely N-dealkylation sites (tertiary alicyclic amines) is 2. The normalized spacial score (nSPS) is 24.7. The number of rotatable bonds is 4. The van der Waals surface area contributed by atoms with E-state index in [0.717, 1.165) is 19.5 Å². The lowest BCUT2D eigenvalue weighted by Gasteiger charge is -2.34. The number of nitrogens with one attached hydrogen (secondary N) is 1. The van der Waals surface area contributed by atoms with Crippen molar-refractivity contribution >= 4 is 11.8 Å².